The van der Waals surface area contributed by atoms with E-state index in [0.717, 1.165) is 25.0 Å². The fourth-order valence-corrected chi connectivity index (χ4v) is 1.65. The third-order valence-corrected chi connectivity index (χ3v) is 2.76. The Balaban J connectivity index is 1.97. The van der Waals surface area contributed by atoms with Gasteiger partial charge in [-0.15, -0.1) is 0 Å². The highest BCUT2D eigenvalue weighted by Gasteiger charge is 2.33. The molecule has 0 radical (unpaired) electrons. The summed E-state index contributed by atoms with van der Waals surface area (Å²) in [6.07, 6.45) is -1.76. The molecule has 0 bridgehead atoms. The zero-order valence-corrected chi connectivity index (χ0v) is 9.15. The Kier molecular flexibility index (Phi) is 3.38. The molecule has 0 atom stereocenters. The lowest BCUT2D eigenvalue weighted by atomic mass is 10.1. The smallest absolute Gasteiger partial charge is 0.314 e. The quantitative estimate of drug-likeness (QED) is 0.806. The number of rotatable bonds is 4. The SMILES string of the molecule is Fc1cc(CCNC2CC2)ccc1C(F)(F)F. The molecule has 1 aromatic carbocycles. The molecule has 0 spiro atoms. The van der Waals surface area contributed by atoms with Crippen LogP contribution < -0.4 is 5.32 Å². The van der Waals surface area contributed by atoms with E-state index in [1.54, 1.807) is 0 Å². The molecule has 1 aliphatic carbocycles. The van der Waals surface area contributed by atoms with Gasteiger partial charge in [-0.25, -0.2) is 4.39 Å². The van der Waals surface area contributed by atoms with E-state index in [0.29, 0.717) is 24.6 Å². The first kappa shape index (κ1) is 12.4. The van der Waals surface area contributed by atoms with Crippen LogP contribution in [0.2, 0.25) is 0 Å². The van der Waals surface area contributed by atoms with Gasteiger partial charge < -0.3 is 5.32 Å². The fraction of sp³-hybridized carbons (Fsp3) is 0.500. The average molecular weight is 247 g/mol. The lowest BCUT2D eigenvalue weighted by molar-refractivity contribution is -0.140. The molecule has 0 aromatic heterocycles. The third-order valence-electron chi connectivity index (χ3n) is 2.76. The van der Waals surface area contributed by atoms with Crippen LogP contribution in [0.1, 0.15) is 24.0 Å². The molecule has 94 valence electrons. The van der Waals surface area contributed by atoms with Gasteiger partial charge in [0.25, 0.3) is 0 Å². The van der Waals surface area contributed by atoms with E-state index in [4.69, 9.17) is 0 Å². The summed E-state index contributed by atoms with van der Waals surface area (Å²) in [5.74, 6) is -1.19. The van der Waals surface area contributed by atoms with E-state index < -0.39 is 17.6 Å². The van der Waals surface area contributed by atoms with Crippen LogP contribution in [0.4, 0.5) is 17.6 Å². The van der Waals surface area contributed by atoms with Crippen LogP contribution in [-0.4, -0.2) is 12.6 Å². The van der Waals surface area contributed by atoms with Crippen molar-refractivity contribution in [3.8, 4) is 0 Å². The van der Waals surface area contributed by atoms with Crippen molar-refractivity contribution in [1.82, 2.24) is 5.32 Å². The Morgan fingerprint density at radius 2 is 1.94 bits per heavy atom. The standard InChI is InChI=1S/C12H13F4N/c13-11-7-8(5-6-17-9-2-3-9)1-4-10(11)12(14,15)16/h1,4,7,9,17H,2-3,5-6H2. The third kappa shape index (κ3) is 3.43. The van der Waals surface area contributed by atoms with Gasteiger partial charge in [0.1, 0.15) is 5.82 Å². The van der Waals surface area contributed by atoms with Gasteiger partial charge in [0, 0.05) is 6.04 Å². The highest BCUT2D eigenvalue weighted by atomic mass is 19.4. The second-order valence-corrected chi connectivity index (χ2v) is 4.29. The molecule has 1 saturated carbocycles. The zero-order chi connectivity index (χ0) is 12.5. The van der Waals surface area contributed by atoms with Crippen molar-refractivity contribution < 1.29 is 17.6 Å². The van der Waals surface area contributed by atoms with Crippen molar-refractivity contribution in [2.45, 2.75) is 31.5 Å². The highest BCUT2D eigenvalue weighted by molar-refractivity contribution is 5.26. The second-order valence-electron chi connectivity index (χ2n) is 4.29. The molecule has 1 nitrogen and oxygen atoms in total. The minimum absolute atomic E-state index is 0.547. The first-order valence-electron chi connectivity index (χ1n) is 5.56. The Hall–Kier alpha value is -1.10. The monoisotopic (exact) mass is 247 g/mol. The van der Waals surface area contributed by atoms with Crippen LogP contribution in [0, 0.1) is 5.82 Å². The molecule has 17 heavy (non-hydrogen) atoms. The molecule has 1 aromatic rings. The summed E-state index contributed by atoms with van der Waals surface area (Å²) < 4.78 is 50.1. The van der Waals surface area contributed by atoms with Crippen LogP contribution in [0.5, 0.6) is 0 Å². The number of hydrogen-bond acceptors (Lipinski definition) is 1. The summed E-state index contributed by atoms with van der Waals surface area (Å²) in [5.41, 5.74) is -0.611. The molecular weight excluding hydrogens is 234 g/mol. The summed E-state index contributed by atoms with van der Waals surface area (Å²) in [6, 6.07) is 3.66. The largest absolute Gasteiger partial charge is 0.419 e. The Bertz CT molecular complexity index is 396. The summed E-state index contributed by atoms with van der Waals surface area (Å²) >= 11 is 0. The van der Waals surface area contributed by atoms with E-state index in [9.17, 15) is 17.6 Å². The van der Waals surface area contributed by atoms with Crippen molar-refractivity contribution in [3.05, 3.63) is 35.1 Å². The molecule has 1 N–H and O–H groups in total. The minimum Gasteiger partial charge on any atom is -0.314 e. The molecule has 1 aliphatic rings. The highest BCUT2D eigenvalue weighted by Crippen LogP contribution is 2.31. The zero-order valence-electron chi connectivity index (χ0n) is 9.15. The molecule has 0 saturated heterocycles. The van der Waals surface area contributed by atoms with Gasteiger partial charge in [-0.1, -0.05) is 6.07 Å². The summed E-state index contributed by atoms with van der Waals surface area (Å²) in [5, 5.41) is 3.22. The van der Waals surface area contributed by atoms with E-state index in [2.05, 4.69) is 5.32 Å². The Labute approximate surface area is 96.8 Å². The van der Waals surface area contributed by atoms with Crippen molar-refractivity contribution in [3.63, 3.8) is 0 Å². The molecule has 0 heterocycles. The maximum absolute atomic E-state index is 13.2. The second kappa shape index (κ2) is 4.64. The van der Waals surface area contributed by atoms with Crippen molar-refractivity contribution in [1.29, 1.82) is 0 Å². The van der Waals surface area contributed by atoms with Crippen molar-refractivity contribution in [2.24, 2.45) is 0 Å². The number of nitrogens with one attached hydrogen (secondary N) is 1. The molecule has 5 heteroatoms. The lowest BCUT2D eigenvalue weighted by Gasteiger charge is -2.09. The van der Waals surface area contributed by atoms with Crippen molar-refractivity contribution >= 4 is 0 Å². The van der Waals surface area contributed by atoms with Gasteiger partial charge in [-0.2, -0.15) is 13.2 Å². The van der Waals surface area contributed by atoms with Crippen LogP contribution in [0.15, 0.2) is 18.2 Å². The number of benzene rings is 1. The fourth-order valence-electron chi connectivity index (χ4n) is 1.65. The first-order chi connectivity index (χ1) is 7.97. The number of alkyl halides is 3. The first-order valence-corrected chi connectivity index (χ1v) is 5.56. The maximum atomic E-state index is 13.2. The van der Waals surface area contributed by atoms with E-state index in [-0.39, 0.29) is 0 Å². The minimum atomic E-state index is -4.62. The van der Waals surface area contributed by atoms with Gasteiger partial charge >= 0.3 is 6.18 Å². The van der Waals surface area contributed by atoms with Crippen LogP contribution in [0.25, 0.3) is 0 Å². The predicted molar refractivity (Wildman–Crippen MR) is 56.1 cm³/mol. The topological polar surface area (TPSA) is 12.0 Å². The normalized spacial score (nSPS) is 16.2. The van der Waals surface area contributed by atoms with Crippen LogP contribution in [-0.2, 0) is 12.6 Å². The molecule has 0 aliphatic heterocycles. The lowest BCUT2D eigenvalue weighted by Crippen LogP contribution is -2.19. The molecule has 0 unspecified atom stereocenters. The van der Waals surface area contributed by atoms with Crippen LogP contribution in [0.3, 0.4) is 0 Å². The van der Waals surface area contributed by atoms with Gasteiger partial charge in [-0.3, -0.25) is 0 Å². The predicted octanol–water partition coefficient (Wildman–Crippen LogP) is 3.14. The molecular formula is C12H13F4N. The summed E-state index contributed by atoms with van der Waals surface area (Å²) in [7, 11) is 0. The van der Waals surface area contributed by atoms with Gasteiger partial charge in [0.2, 0.25) is 0 Å². The van der Waals surface area contributed by atoms with Gasteiger partial charge in [0.05, 0.1) is 5.56 Å². The Morgan fingerprint density at radius 3 is 2.47 bits per heavy atom. The number of hydrogen-bond donors (Lipinski definition) is 1. The number of halogens is 4. The molecule has 2 rings (SSSR count). The molecule has 0 amide bonds. The van der Waals surface area contributed by atoms with Crippen LogP contribution >= 0.6 is 0 Å². The van der Waals surface area contributed by atoms with Gasteiger partial charge in [-0.05, 0) is 43.5 Å². The van der Waals surface area contributed by atoms with Crippen molar-refractivity contribution in [2.75, 3.05) is 6.54 Å². The molecule has 1 fully saturated rings. The summed E-state index contributed by atoms with van der Waals surface area (Å²) in [4.78, 5) is 0. The Morgan fingerprint density at radius 1 is 1.24 bits per heavy atom. The van der Waals surface area contributed by atoms with Gasteiger partial charge in [0.15, 0.2) is 0 Å². The van der Waals surface area contributed by atoms with E-state index in [1.807, 2.05) is 0 Å². The van der Waals surface area contributed by atoms with E-state index in [1.165, 1.54) is 6.07 Å². The van der Waals surface area contributed by atoms with E-state index >= 15 is 0 Å². The maximum Gasteiger partial charge on any atom is 0.419 e. The average Bonchev–Trinajstić information content (AvgIpc) is 2.99. The summed E-state index contributed by atoms with van der Waals surface area (Å²) in [6.45, 7) is 0.676.